The standard InChI is InChI=1S/C38H44BrN3O6S/c1-7-28(4)40-38(44)34(22-29-12-9-8-10-13-29)41(24-30-14-11-15-31(39)21-30)37(43)25-42(32-19-26(2)18-27(3)20-32)49(45,46)33-16-17-35(47-5)36(23-33)48-6/h8-21,23,28,34H,7,22,24-25H2,1-6H3,(H,40,44)/t28-,34+/m0/s1. The third kappa shape index (κ3) is 9.64. The molecule has 0 aliphatic rings. The number of rotatable bonds is 15. The minimum Gasteiger partial charge on any atom is -0.493 e. The van der Waals surface area contributed by atoms with E-state index in [1.807, 2.05) is 88.4 Å². The summed E-state index contributed by atoms with van der Waals surface area (Å²) in [5, 5.41) is 3.06. The highest BCUT2D eigenvalue weighted by molar-refractivity contribution is 9.10. The van der Waals surface area contributed by atoms with Crippen molar-refractivity contribution >= 4 is 43.5 Å². The van der Waals surface area contributed by atoms with Crippen LogP contribution in [0.5, 0.6) is 11.5 Å². The molecule has 4 aromatic rings. The molecule has 2 atom stereocenters. The van der Waals surface area contributed by atoms with Gasteiger partial charge in [-0.1, -0.05) is 71.4 Å². The zero-order valence-electron chi connectivity index (χ0n) is 28.8. The minimum absolute atomic E-state index is 0.0702. The molecule has 0 bridgehead atoms. The molecule has 260 valence electrons. The summed E-state index contributed by atoms with van der Waals surface area (Å²) < 4.78 is 41.7. The number of hydrogen-bond acceptors (Lipinski definition) is 6. The molecule has 4 aromatic carbocycles. The van der Waals surface area contributed by atoms with Crippen LogP contribution in [0.4, 0.5) is 5.69 Å². The fourth-order valence-electron chi connectivity index (χ4n) is 5.55. The van der Waals surface area contributed by atoms with Crippen molar-refractivity contribution in [2.24, 2.45) is 0 Å². The van der Waals surface area contributed by atoms with Gasteiger partial charge in [0, 0.05) is 29.5 Å². The Hall–Kier alpha value is -4.35. The predicted molar refractivity (Wildman–Crippen MR) is 197 cm³/mol. The summed E-state index contributed by atoms with van der Waals surface area (Å²) >= 11 is 3.52. The second kappa shape index (κ2) is 16.8. The van der Waals surface area contributed by atoms with Crippen molar-refractivity contribution in [3.8, 4) is 11.5 Å². The first-order chi connectivity index (χ1) is 23.4. The number of amides is 2. The van der Waals surface area contributed by atoms with Gasteiger partial charge >= 0.3 is 0 Å². The third-order valence-electron chi connectivity index (χ3n) is 8.23. The van der Waals surface area contributed by atoms with Crippen molar-refractivity contribution < 1.29 is 27.5 Å². The molecule has 0 saturated carbocycles. The van der Waals surface area contributed by atoms with E-state index in [0.717, 1.165) is 31.0 Å². The SMILES string of the molecule is CC[C@H](C)NC(=O)[C@@H](Cc1ccccc1)N(Cc1cccc(Br)c1)C(=O)CN(c1cc(C)cc(C)c1)S(=O)(=O)c1ccc(OC)c(OC)c1. The number of nitrogens with zero attached hydrogens (tertiary/aromatic N) is 2. The highest BCUT2D eigenvalue weighted by Crippen LogP contribution is 2.33. The summed E-state index contributed by atoms with van der Waals surface area (Å²) in [5.74, 6) is -0.256. The van der Waals surface area contributed by atoms with Crippen molar-refractivity contribution in [1.29, 1.82) is 0 Å². The van der Waals surface area contributed by atoms with E-state index in [0.29, 0.717) is 17.9 Å². The Bertz CT molecular complexity index is 1850. The molecule has 49 heavy (non-hydrogen) atoms. The third-order valence-corrected chi connectivity index (χ3v) is 10.5. The van der Waals surface area contributed by atoms with E-state index in [9.17, 15) is 18.0 Å². The molecule has 11 heteroatoms. The van der Waals surface area contributed by atoms with Gasteiger partial charge in [0.25, 0.3) is 10.0 Å². The van der Waals surface area contributed by atoms with E-state index in [4.69, 9.17) is 9.47 Å². The topological polar surface area (TPSA) is 105 Å². The lowest BCUT2D eigenvalue weighted by atomic mass is 10.0. The van der Waals surface area contributed by atoms with E-state index in [2.05, 4.69) is 21.2 Å². The van der Waals surface area contributed by atoms with Gasteiger partial charge in [-0.2, -0.15) is 0 Å². The van der Waals surface area contributed by atoms with Crippen molar-refractivity contribution in [2.75, 3.05) is 25.1 Å². The summed E-state index contributed by atoms with van der Waals surface area (Å²) in [5.41, 5.74) is 3.62. The van der Waals surface area contributed by atoms with Crippen LogP contribution in [-0.2, 0) is 32.6 Å². The molecule has 4 rings (SSSR count). The molecule has 0 fully saturated rings. The van der Waals surface area contributed by atoms with Gasteiger partial charge in [-0.15, -0.1) is 0 Å². The summed E-state index contributed by atoms with van der Waals surface area (Å²) in [6, 6.07) is 25.6. The van der Waals surface area contributed by atoms with Gasteiger partial charge in [0.2, 0.25) is 11.8 Å². The van der Waals surface area contributed by atoms with Crippen LogP contribution in [0.1, 0.15) is 42.5 Å². The summed E-state index contributed by atoms with van der Waals surface area (Å²) in [4.78, 5) is 30.2. The van der Waals surface area contributed by atoms with Gasteiger partial charge in [0.15, 0.2) is 11.5 Å². The number of halogens is 1. The fraction of sp³-hybridized carbons (Fsp3) is 0.316. The molecule has 0 heterocycles. The van der Waals surface area contributed by atoms with Crippen LogP contribution >= 0.6 is 15.9 Å². The van der Waals surface area contributed by atoms with Gasteiger partial charge in [0.1, 0.15) is 12.6 Å². The maximum Gasteiger partial charge on any atom is 0.264 e. The second-order valence-electron chi connectivity index (χ2n) is 12.0. The molecule has 0 spiro atoms. The summed E-state index contributed by atoms with van der Waals surface area (Å²) in [6.07, 6.45) is 0.933. The number of benzene rings is 4. The Morgan fingerprint density at radius 1 is 0.837 bits per heavy atom. The van der Waals surface area contributed by atoms with Crippen LogP contribution < -0.4 is 19.1 Å². The Morgan fingerprint density at radius 2 is 1.49 bits per heavy atom. The highest BCUT2D eigenvalue weighted by Gasteiger charge is 2.35. The number of anilines is 1. The number of hydrogen-bond donors (Lipinski definition) is 1. The molecule has 2 amide bonds. The molecular formula is C38H44BrN3O6S. The van der Waals surface area contributed by atoms with Crippen LogP contribution in [-0.4, -0.2) is 58.0 Å². The number of methoxy groups -OCH3 is 2. The Kier molecular flexibility index (Phi) is 12.9. The Morgan fingerprint density at radius 3 is 2.10 bits per heavy atom. The fourth-order valence-corrected chi connectivity index (χ4v) is 7.42. The average Bonchev–Trinajstić information content (AvgIpc) is 3.08. The molecular weight excluding hydrogens is 706 g/mol. The molecule has 0 radical (unpaired) electrons. The lowest BCUT2D eigenvalue weighted by Gasteiger charge is -2.34. The number of ether oxygens (including phenoxy) is 2. The van der Waals surface area contributed by atoms with E-state index in [-0.39, 0.29) is 35.6 Å². The molecule has 0 aliphatic carbocycles. The van der Waals surface area contributed by atoms with E-state index in [1.54, 1.807) is 12.1 Å². The first-order valence-electron chi connectivity index (χ1n) is 16.1. The van der Waals surface area contributed by atoms with Crippen LogP contribution in [0.2, 0.25) is 0 Å². The lowest BCUT2D eigenvalue weighted by molar-refractivity contribution is -0.140. The van der Waals surface area contributed by atoms with E-state index in [1.165, 1.54) is 37.3 Å². The number of carbonyl (C=O) groups excluding carboxylic acids is 2. The molecule has 0 aliphatic heterocycles. The quantitative estimate of drug-likeness (QED) is 0.143. The van der Waals surface area contributed by atoms with E-state index < -0.39 is 28.5 Å². The van der Waals surface area contributed by atoms with Crippen LogP contribution in [0, 0.1) is 13.8 Å². The maximum atomic E-state index is 14.8. The first kappa shape index (κ1) is 37.5. The van der Waals surface area contributed by atoms with Crippen LogP contribution in [0.15, 0.2) is 100 Å². The highest BCUT2D eigenvalue weighted by atomic mass is 79.9. The van der Waals surface area contributed by atoms with E-state index >= 15 is 0 Å². The van der Waals surface area contributed by atoms with Gasteiger partial charge in [0.05, 0.1) is 24.8 Å². The maximum absolute atomic E-state index is 14.8. The van der Waals surface area contributed by atoms with Gasteiger partial charge in [-0.3, -0.25) is 13.9 Å². The van der Waals surface area contributed by atoms with Crippen molar-refractivity contribution in [2.45, 2.75) is 64.1 Å². The average molecular weight is 751 g/mol. The zero-order valence-corrected chi connectivity index (χ0v) is 31.2. The predicted octanol–water partition coefficient (Wildman–Crippen LogP) is 6.83. The molecule has 0 saturated heterocycles. The normalized spacial score (nSPS) is 12.5. The van der Waals surface area contributed by atoms with Gasteiger partial charge < -0.3 is 19.7 Å². The zero-order chi connectivity index (χ0) is 35.7. The molecule has 0 aromatic heterocycles. The number of nitrogens with one attached hydrogen (secondary N) is 1. The van der Waals surface area contributed by atoms with Crippen LogP contribution in [0.25, 0.3) is 0 Å². The lowest BCUT2D eigenvalue weighted by Crippen LogP contribution is -2.54. The minimum atomic E-state index is -4.34. The summed E-state index contributed by atoms with van der Waals surface area (Å²) in [6.45, 7) is 7.14. The second-order valence-corrected chi connectivity index (χ2v) is 14.8. The van der Waals surface area contributed by atoms with Gasteiger partial charge in [-0.05, 0) is 85.8 Å². The smallest absolute Gasteiger partial charge is 0.264 e. The molecule has 1 N–H and O–H groups in total. The summed E-state index contributed by atoms with van der Waals surface area (Å²) in [7, 11) is -1.44. The number of sulfonamides is 1. The van der Waals surface area contributed by atoms with Crippen molar-refractivity contribution in [3.63, 3.8) is 0 Å². The first-order valence-corrected chi connectivity index (χ1v) is 18.3. The molecule has 0 unspecified atom stereocenters. The molecule has 9 nitrogen and oxygen atoms in total. The Balaban J connectivity index is 1.86. The van der Waals surface area contributed by atoms with Crippen molar-refractivity contribution in [1.82, 2.24) is 10.2 Å². The van der Waals surface area contributed by atoms with Crippen LogP contribution in [0.3, 0.4) is 0 Å². The van der Waals surface area contributed by atoms with Crippen molar-refractivity contribution in [3.05, 3.63) is 118 Å². The largest absolute Gasteiger partial charge is 0.493 e. The van der Waals surface area contributed by atoms with Gasteiger partial charge in [-0.25, -0.2) is 8.42 Å². The monoisotopic (exact) mass is 749 g/mol. The Labute approximate surface area is 298 Å². The number of aryl methyl sites for hydroxylation is 2. The number of carbonyl (C=O) groups is 2.